The minimum Gasteiger partial charge on any atom is -0.365 e. The normalized spacial score (nSPS) is 11.6. The molecule has 0 saturated carbocycles. The number of hydrogen-bond acceptors (Lipinski definition) is 4. The summed E-state index contributed by atoms with van der Waals surface area (Å²) in [4.78, 5) is 11.9. The van der Waals surface area contributed by atoms with Crippen LogP contribution in [0.15, 0.2) is 53.4 Å². The minimum atomic E-state index is -3.70. The maximum Gasteiger partial charge on any atom is 0.264 e. The van der Waals surface area contributed by atoms with Crippen LogP contribution in [-0.4, -0.2) is 21.4 Å². The zero-order valence-electron chi connectivity index (χ0n) is 12.6. The van der Waals surface area contributed by atoms with E-state index >= 15 is 0 Å². The van der Waals surface area contributed by atoms with E-state index < -0.39 is 15.9 Å². The summed E-state index contributed by atoms with van der Waals surface area (Å²) in [7, 11) is -2.22. The van der Waals surface area contributed by atoms with Crippen molar-refractivity contribution in [3.63, 3.8) is 0 Å². The van der Waals surface area contributed by atoms with Gasteiger partial charge in [-0.25, -0.2) is 8.42 Å². The van der Waals surface area contributed by atoms with Crippen molar-refractivity contribution in [2.24, 2.45) is 5.73 Å². The van der Waals surface area contributed by atoms with Crippen LogP contribution in [0.25, 0.3) is 10.1 Å². The molecule has 3 aromatic rings. The molecule has 2 N–H and O–H groups in total. The summed E-state index contributed by atoms with van der Waals surface area (Å²) >= 11 is 7.08. The molecule has 0 unspecified atom stereocenters. The zero-order chi connectivity index (χ0) is 17.5. The number of anilines is 1. The van der Waals surface area contributed by atoms with E-state index in [4.69, 9.17) is 17.3 Å². The second-order valence-electron chi connectivity index (χ2n) is 5.12. The summed E-state index contributed by atoms with van der Waals surface area (Å²) in [6.45, 7) is 0. The highest BCUT2D eigenvalue weighted by Gasteiger charge is 2.21. The van der Waals surface area contributed by atoms with Gasteiger partial charge in [-0.1, -0.05) is 11.6 Å². The SMILES string of the molecule is CN(c1ccc2sc(C(N)=O)cc2c1)S(=O)(=O)c1ccc(Cl)cc1. The third kappa shape index (κ3) is 2.98. The van der Waals surface area contributed by atoms with Gasteiger partial charge in [0, 0.05) is 16.8 Å². The number of primary amides is 1. The highest BCUT2D eigenvalue weighted by molar-refractivity contribution is 7.92. The van der Waals surface area contributed by atoms with Crippen LogP contribution in [0.4, 0.5) is 5.69 Å². The quantitative estimate of drug-likeness (QED) is 0.752. The van der Waals surface area contributed by atoms with E-state index in [1.165, 1.54) is 47.0 Å². The molecule has 1 heterocycles. The maximum atomic E-state index is 12.7. The average Bonchev–Trinajstić information content (AvgIpc) is 2.98. The fourth-order valence-electron chi connectivity index (χ4n) is 2.25. The van der Waals surface area contributed by atoms with Gasteiger partial charge in [-0.3, -0.25) is 9.10 Å². The molecular formula is C16H13ClN2O3S2. The van der Waals surface area contributed by atoms with Gasteiger partial charge < -0.3 is 5.73 Å². The van der Waals surface area contributed by atoms with Gasteiger partial charge in [0.2, 0.25) is 0 Å². The molecule has 0 aliphatic carbocycles. The van der Waals surface area contributed by atoms with Crippen molar-refractivity contribution >= 4 is 54.6 Å². The van der Waals surface area contributed by atoms with Gasteiger partial charge in [-0.2, -0.15) is 0 Å². The molecule has 5 nitrogen and oxygen atoms in total. The number of fused-ring (bicyclic) bond motifs is 1. The number of sulfonamides is 1. The van der Waals surface area contributed by atoms with E-state index in [9.17, 15) is 13.2 Å². The number of hydrogen-bond donors (Lipinski definition) is 1. The predicted octanol–water partition coefficient (Wildman–Crippen LogP) is 3.48. The molecule has 0 saturated heterocycles. The highest BCUT2D eigenvalue weighted by atomic mass is 35.5. The van der Waals surface area contributed by atoms with Gasteiger partial charge in [0.1, 0.15) is 0 Å². The van der Waals surface area contributed by atoms with Crippen molar-refractivity contribution in [1.82, 2.24) is 0 Å². The van der Waals surface area contributed by atoms with Crippen LogP contribution in [0, 0.1) is 0 Å². The average molecular weight is 381 g/mol. The molecule has 0 aliphatic heterocycles. The number of halogens is 1. The molecule has 0 bridgehead atoms. The summed E-state index contributed by atoms with van der Waals surface area (Å²) in [6.07, 6.45) is 0. The number of nitrogens with zero attached hydrogens (tertiary/aromatic N) is 1. The first-order valence-electron chi connectivity index (χ1n) is 6.87. The molecule has 0 radical (unpaired) electrons. The van der Waals surface area contributed by atoms with Gasteiger partial charge >= 0.3 is 0 Å². The number of carbonyl (C=O) groups is 1. The van der Waals surface area contributed by atoms with E-state index in [0.29, 0.717) is 15.6 Å². The van der Waals surface area contributed by atoms with Crippen LogP contribution in [0.3, 0.4) is 0 Å². The van der Waals surface area contributed by atoms with Crippen LogP contribution in [0.5, 0.6) is 0 Å². The lowest BCUT2D eigenvalue weighted by atomic mass is 10.2. The molecule has 0 atom stereocenters. The van der Waals surface area contributed by atoms with Crippen LogP contribution in [0.1, 0.15) is 9.67 Å². The van der Waals surface area contributed by atoms with E-state index in [0.717, 1.165) is 10.1 Å². The summed E-state index contributed by atoms with van der Waals surface area (Å²) in [5.74, 6) is -0.500. The molecule has 24 heavy (non-hydrogen) atoms. The second kappa shape index (κ2) is 6.08. The molecule has 0 fully saturated rings. The van der Waals surface area contributed by atoms with Crippen LogP contribution in [0.2, 0.25) is 5.02 Å². The van der Waals surface area contributed by atoms with E-state index in [-0.39, 0.29) is 4.90 Å². The van der Waals surface area contributed by atoms with Crippen molar-refractivity contribution in [2.75, 3.05) is 11.4 Å². The molecule has 124 valence electrons. The maximum absolute atomic E-state index is 12.7. The Balaban J connectivity index is 2.02. The van der Waals surface area contributed by atoms with Crippen LogP contribution >= 0.6 is 22.9 Å². The summed E-state index contributed by atoms with van der Waals surface area (Å²) in [5.41, 5.74) is 5.78. The highest BCUT2D eigenvalue weighted by Crippen LogP contribution is 2.31. The molecule has 1 amide bonds. The Kier molecular flexibility index (Phi) is 4.25. The van der Waals surface area contributed by atoms with Crippen molar-refractivity contribution in [2.45, 2.75) is 4.90 Å². The Morgan fingerprint density at radius 2 is 1.79 bits per heavy atom. The molecule has 1 aromatic heterocycles. The summed E-state index contributed by atoms with van der Waals surface area (Å²) < 4.78 is 27.5. The van der Waals surface area contributed by atoms with E-state index in [2.05, 4.69) is 0 Å². The smallest absolute Gasteiger partial charge is 0.264 e. The molecule has 0 aliphatic rings. The Hall–Kier alpha value is -2.09. The first kappa shape index (κ1) is 16.8. The Morgan fingerprint density at radius 3 is 2.42 bits per heavy atom. The van der Waals surface area contributed by atoms with Crippen LogP contribution in [-0.2, 0) is 10.0 Å². The predicted molar refractivity (Wildman–Crippen MR) is 97.4 cm³/mol. The van der Waals surface area contributed by atoms with Crippen molar-refractivity contribution in [3.05, 3.63) is 58.4 Å². The van der Waals surface area contributed by atoms with Gasteiger partial charge in [-0.15, -0.1) is 11.3 Å². The molecule has 3 rings (SSSR count). The Morgan fingerprint density at radius 1 is 1.12 bits per heavy atom. The fraction of sp³-hybridized carbons (Fsp3) is 0.0625. The second-order valence-corrected chi connectivity index (χ2v) is 8.61. The number of nitrogens with two attached hydrogens (primary N) is 1. The monoisotopic (exact) mass is 380 g/mol. The molecule has 8 heteroatoms. The number of rotatable bonds is 4. The standard InChI is InChI=1S/C16H13ClN2O3S2/c1-19(24(21,22)13-5-2-11(17)3-6-13)12-4-7-14-10(8-12)9-15(23-14)16(18)20/h2-9H,1H3,(H2,18,20). The largest absolute Gasteiger partial charge is 0.365 e. The third-order valence-corrected chi connectivity index (χ3v) is 6.76. The molecule has 0 spiro atoms. The molecule has 2 aromatic carbocycles. The number of thiophene rings is 1. The lowest BCUT2D eigenvalue weighted by Gasteiger charge is -2.19. The zero-order valence-corrected chi connectivity index (χ0v) is 15.0. The first-order valence-corrected chi connectivity index (χ1v) is 9.50. The number of amides is 1. The lowest BCUT2D eigenvalue weighted by Crippen LogP contribution is -2.26. The fourth-order valence-corrected chi connectivity index (χ4v) is 4.46. The third-order valence-electron chi connectivity index (χ3n) is 3.58. The Bertz CT molecular complexity index is 1030. The van der Waals surface area contributed by atoms with Gasteiger partial charge in [0.15, 0.2) is 0 Å². The summed E-state index contributed by atoms with van der Waals surface area (Å²) in [5, 5.41) is 1.24. The van der Waals surface area contributed by atoms with Crippen molar-refractivity contribution < 1.29 is 13.2 Å². The minimum absolute atomic E-state index is 0.151. The lowest BCUT2D eigenvalue weighted by molar-refractivity contribution is 0.100. The van der Waals surface area contributed by atoms with E-state index in [1.807, 2.05) is 0 Å². The van der Waals surface area contributed by atoms with Gasteiger partial charge in [0.05, 0.1) is 15.5 Å². The van der Waals surface area contributed by atoms with Crippen molar-refractivity contribution in [1.29, 1.82) is 0 Å². The Labute approximate surface area is 148 Å². The summed E-state index contributed by atoms with van der Waals surface area (Å²) in [6, 6.07) is 12.8. The van der Waals surface area contributed by atoms with Gasteiger partial charge in [0.25, 0.3) is 15.9 Å². The first-order chi connectivity index (χ1) is 11.3. The van der Waals surface area contributed by atoms with Crippen molar-refractivity contribution in [3.8, 4) is 0 Å². The van der Waals surface area contributed by atoms with Crippen LogP contribution < -0.4 is 10.0 Å². The van der Waals surface area contributed by atoms with Gasteiger partial charge in [-0.05, 0) is 53.9 Å². The number of benzene rings is 2. The van der Waals surface area contributed by atoms with E-state index in [1.54, 1.807) is 24.3 Å². The number of carbonyl (C=O) groups excluding carboxylic acids is 1. The molecular weight excluding hydrogens is 368 g/mol. The topological polar surface area (TPSA) is 80.5 Å².